The topological polar surface area (TPSA) is 138 Å². The minimum atomic E-state index is -4.68. The number of aliphatic hydroxyl groups is 2. The van der Waals surface area contributed by atoms with Gasteiger partial charge < -0.3 is 20.0 Å². The summed E-state index contributed by atoms with van der Waals surface area (Å²) in [5.74, 6) is 0. The van der Waals surface area contributed by atoms with Gasteiger partial charge in [-0.15, -0.1) is 0 Å². The van der Waals surface area contributed by atoms with Crippen molar-refractivity contribution in [2.24, 2.45) is 0 Å². The molecule has 1 atom stereocenters. The Morgan fingerprint density at radius 1 is 1.28 bits per heavy atom. The predicted octanol–water partition coefficient (Wildman–Crippen LogP) is -0.999. The summed E-state index contributed by atoms with van der Waals surface area (Å²) in [6, 6.07) is 0. The molecule has 0 saturated carbocycles. The van der Waals surface area contributed by atoms with Crippen LogP contribution in [0.3, 0.4) is 0 Å². The first kappa shape index (κ1) is 19.9. The van der Waals surface area contributed by atoms with E-state index in [-0.39, 0.29) is 26.4 Å². The van der Waals surface area contributed by atoms with Gasteiger partial charge >= 0.3 is 7.82 Å². The van der Waals surface area contributed by atoms with Crippen LogP contribution < -0.4 is 5.64 Å². The molecule has 0 fully saturated rings. The lowest BCUT2D eigenvalue weighted by atomic mass is 10.7. The smallest absolute Gasteiger partial charge is 0.394 e. The van der Waals surface area contributed by atoms with Crippen molar-refractivity contribution in [1.29, 1.82) is 0 Å². The zero-order valence-corrected chi connectivity index (χ0v) is 10.3. The quantitative estimate of drug-likeness (QED) is 0.157. The molecule has 18 heavy (non-hydrogen) atoms. The molecule has 0 saturated heterocycles. The summed E-state index contributed by atoms with van der Waals surface area (Å²) in [5, 5.41) is 16.3. The van der Waals surface area contributed by atoms with E-state index in [1.165, 1.54) is 0 Å². The SMILES string of the molecule is C=CC(F)OP(=O)(O)O.OCCONOCCO. The molecule has 1 unspecified atom stereocenters. The highest BCUT2D eigenvalue weighted by Crippen LogP contribution is 2.37. The van der Waals surface area contributed by atoms with Gasteiger partial charge in [0.2, 0.25) is 6.36 Å². The molecule has 0 bridgehead atoms. The molecule has 0 aliphatic heterocycles. The molecule has 0 amide bonds. The van der Waals surface area contributed by atoms with Crippen LogP contribution in [0.25, 0.3) is 0 Å². The second-order valence-corrected chi connectivity index (χ2v) is 3.60. The van der Waals surface area contributed by atoms with E-state index in [0.29, 0.717) is 6.08 Å². The average molecular weight is 293 g/mol. The molecule has 0 aromatic carbocycles. The van der Waals surface area contributed by atoms with Crippen molar-refractivity contribution in [1.82, 2.24) is 5.64 Å². The van der Waals surface area contributed by atoms with Gasteiger partial charge in [-0.3, -0.25) is 9.68 Å². The van der Waals surface area contributed by atoms with E-state index < -0.39 is 14.2 Å². The van der Waals surface area contributed by atoms with Crippen molar-refractivity contribution < 1.29 is 43.2 Å². The van der Waals surface area contributed by atoms with Crippen LogP contribution in [0.5, 0.6) is 0 Å². The number of phosphoric acid groups is 1. The molecular weight excluding hydrogens is 276 g/mol. The number of halogens is 1. The van der Waals surface area contributed by atoms with Crippen LogP contribution in [0.4, 0.5) is 4.39 Å². The molecule has 0 rings (SSSR count). The molecule has 5 N–H and O–H groups in total. The van der Waals surface area contributed by atoms with E-state index in [2.05, 4.69) is 26.4 Å². The first-order valence-electron chi connectivity index (χ1n) is 4.58. The zero-order chi connectivity index (χ0) is 14.4. The Bertz CT molecular complexity index is 231. The van der Waals surface area contributed by atoms with Crippen LogP contribution in [-0.4, -0.2) is 52.8 Å². The monoisotopic (exact) mass is 293 g/mol. The molecule has 11 heteroatoms. The first-order chi connectivity index (χ1) is 8.37. The zero-order valence-electron chi connectivity index (χ0n) is 9.44. The van der Waals surface area contributed by atoms with Gasteiger partial charge in [0.05, 0.1) is 26.4 Å². The number of rotatable bonds is 9. The summed E-state index contributed by atoms with van der Waals surface area (Å²) < 4.78 is 25.0. The van der Waals surface area contributed by atoms with Gasteiger partial charge in [0.1, 0.15) is 0 Å². The molecule has 9 nitrogen and oxygen atoms in total. The van der Waals surface area contributed by atoms with Gasteiger partial charge in [0, 0.05) is 0 Å². The Kier molecular flexibility index (Phi) is 14.4. The summed E-state index contributed by atoms with van der Waals surface area (Å²) in [5.41, 5.74) is 2.07. The van der Waals surface area contributed by atoms with E-state index in [9.17, 15) is 8.96 Å². The Hall–Kier alpha value is -0.420. The first-order valence-corrected chi connectivity index (χ1v) is 6.11. The highest BCUT2D eigenvalue weighted by Gasteiger charge is 2.18. The predicted molar refractivity (Wildman–Crippen MR) is 57.4 cm³/mol. The van der Waals surface area contributed by atoms with Crippen LogP contribution in [-0.2, 0) is 18.8 Å². The summed E-state index contributed by atoms with van der Waals surface area (Å²) in [4.78, 5) is 24.7. The minimum absolute atomic E-state index is 0.0600. The fraction of sp³-hybridized carbons (Fsp3) is 0.714. The largest absolute Gasteiger partial charge is 0.472 e. The normalized spacial score (nSPS) is 12.5. The number of aliphatic hydroxyl groups excluding tert-OH is 2. The molecule has 0 aromatic rings. The van der Waals surface area contributed by atoms with Gasteiger partial charge in [-0.05, 0) is 6.08 Å². The van der Waals surface area contributed by atoms with Crippen molar-refractivity contribution in [2.75, 3.05) is 26.4 Å². The Morgan fingerprint density at radius 3 is 1.94 bits per heavy atom. The van der Waals surface area contributed by atoms with Crippen LogP contribution in [0.1, 0.15) is 0 Å². The maximum atomic E-state index is 11.8. The van der Waals surface area contributed by atoms with E-state index in [1.54, 1.807) is 0 Å². The van der Waals surface area contributed by atoms with Gasteiger partial charge in [-0.25, -0.2) is 13.5 Å². The minimum Gasteiger partial charge on any atom is -0.394 e. The standard InChI is InChI=1S/C4H11NO4.C3H6FO4P/c6-1-3-8-5-9-4-2-7;1-2-3(4)8-9(5,6)7/h5-7H,1-4H2;2-3H,1H2,(H2,5,6,7). The molecule has 0 heterocycles. The number of phosphoric ester groups is 1. The van der Waals surface area contributed by atoms with E-state index in [4.69, 9.17) is 20.0 Å². The Balaban J connectivity index is 0. The van der Waals surface area contributed by atoms with Gasteiger partial charge in [0.15, 0.2) is 0 Å². The summed E-state index contributed by atoms with van der Waals surface area (Å²) in [6.07, 6.45) is -1.47. The lowest BCUT2D eigenvalue weighted by Crippen LogP contribution is -2.19. The van der Waals surface area contributed by atoms with Gasteiger partial charge in [-0.2, -0.15) is 0 Å². The number of alkyl halides is 1. The number of hydrogen-bond donors (Lipinski definition) is 5. The molecule has 110 valence electrons. The lowest BCUT2D eigenvalue weighted by Gasteiger charge is -2.04. The van der Waals surface area contributed by atoms with Crippen LogP contribution >= 0.6 is 7.82 Å². The number of nitrogens with one attached hydrogen (secondary N) is 1. The average Bonchev–Trinajstić information content (AvgIpc) is 2.27. The molecule has 0 aliphatic rings. The third-order valence-corrected chi connectivity index (χ3v) is 1.40. The second-order valence-electron chi connectivity index (χ2n) is 2.41. The van der Waals surface area contributed by atoms with Crippen molar-refractivity contribution in [3.8, 4) is 0 Å². The second kappa shape index (κ2) is 13.0. The molecular formula is C7H17FNO8P. The Labute approximate surface area is 103 Å². The molecule has 0 radical (unpaired) electrons. The summed E-state index contributed by atoms with van der Waals surface area (Å²) in [7, 11) is -4.68. The molecule has 0 aliphatic carbocycles. The highest BCUT2D eigenvalue weighted by molar-refractivity contribution is 7.46. The Morgan fingerprint density at radius 2 is 1.72 bits per heavy atom. The summed E-state index contributed by atoms with van der Waals surface area (Å²) >= 11 is 0. The van der Waals surface area contributed by atoms with E-state index >= 15 is 0 Å². The summed E-state index contributed by atoms with van der Waals surface area (Å²) in [6.45, 7) is 3.13. The third-order valence-electron chi connectivity index (χ3n) is 0.928. The molecule has 0 aromatic heterocycles. The maximum absolute atomic E-state index is 11.8. The lowest BCUT2D eigenvalue weighted by molar-refractivity contribution is -0.178. The van der Waals surface area contributed by atoms with E-state index in [0.717, 1.165) is 0 Å². The van der Waals surface area contributed by atoms with Crippen molar-refractivity contribution in [3.63, 3.8) is 0 Å². The maximum Gasteiger partial charge on any atom is 0.472 e. The van der Waals surface area contributed by atoms with Crippen LogP contribution in [0.2, 0.25) is 0 Å². The van der Waals surface area contributed by atoms with Crippen molar-refractivity contribution in [3.05, 3.63) is 12.7 Å². The fourth-order valence-electron chi connectivity index (χ4n) is 0.390. The molecule has 0 spiro atoms. The fourth-order valence-corrected chi connectivity index (χ4v) is 0.739. The van der Waals surface area contributed by atoms with Gasteiger partial charge in [-0.1, -0.05) is 12.2 Å². The van der Waals surface area contributed by atoms with Gasteiger partial charge in [0.25, 0.3) is 0 Å². The van der Waals surface area contributed by atoms with Crippen molar-refractivity contribution in [2.45, 2.75) is 6.36 Å². The van der Waals surface area contributed by atoms with Crippen LogP contribution in [0.15, 0.2) is 12.7 Å². The number of hydrogen-bond acceptors (Lipinski definition) is 7. The van der Waals surface area contributed by atoms with Crippen molar-refractivity contribution >= 4 is 7.82 Å². The van der Waals surface area contributed by atoms with Crippen LogP contribution in [0, 0.1) is 0 Å². The third kappa shape index (κ3) is 20.9. The van der Waals surface area contributed by atoms with E-state index in [1.807, 2.05) is 0 Å². The highest BCUT2D eigenvalue weighted by atomic mass is 31.2.